The Morgan fingerprint density at radius 2 is 1.88 bits per heavy atom. The summed E-state index contributed by atoms with van der Waals surface area (Å²) in [6, 6.07) is 0.331. The topological polar surface area (TPSA) is 56.7 Å². The van der Waals surface area contributed by atoms with Crippen LogP contribution in [0.2, 0.25) is 0 Å². The zero-order valence-electron chi connectivity index (χ0n) is 16.1. The van der Waals surface area contributed by atoms with Crippen LogP contribution in [-0.4, -0.2) is 49.5 Å². The van der Waals surface area contributed by atoms with Crippen molar-refractivity contribution in [1.29, 1.82) is 0 Å². The smallest absolute Gasteiger partial charge is 0.225 e. The van der Waals surface area contributed by atoms with E-state index in [1.54, 1.807) is 0 Å². The van der Waals surface area contributed by atoms with Gasteiger partial charge in [-0.3, -0.25) is 9.79 Å². The molecule has 25 heavy (non-hydrogen) atoms. The summed E-state index contributed by atoms with van der Waals surface area (Å²) in [4.78, 5) is 19.1. The largest absolute Gasteiger partial charge is 0.356 e. The summed E-state index contributed by atoms with van der Waals surface area (Å²) in [5, 5.41) is 7.12. The molecule has 1 saturated heterocycles. The molecule has 3 fully saturated rings. The third-order valence-corrected chi connectivity index (χ3v) is 6.81. The van der Waals surface area contributed by atoms with Crippen molar-refractivity contribution in [2.45, 2.75) is 77.2 Å². The summed E-state index contributed by atoms with van der Waals surface area (Å²) in [5.74, 6) is 1.59. The number of hydrogen-bond acceptors (Lipinski definition) is 2. The van der Waals surface area contributed by atoms with Gasteiger partial charge in [0.05, 0.1) is 0 Å². The molecule has 2 N–H and O–H groups in total. The molecular weight excluding hydrogens is 312 g/mol. The van der Waals surface area contributed by atoms with Crippen molar-refractivity contribution in [3.8, 4) is 0 Å². The molecule has 0 spiro atoms. The van der Waals surface area contributed by atoms with Crippen LogP contribution in [0.5, 0.6) is 0 Å². The summed E-state index contributed by atoms with van der Waals surface area (Å²) in [6.07, 6.45) is 12.3. The highest BCUT2D eigenvalue weighted by atomic mass is 16.2. The molecule has 0 aromatic rings. The van der Waals surface area contributed by atoms with Crippen LogP contribution in [0.25, 0.3) is 0 Å². The molecule has 5 nitrogen and oxygen atoms in total. The van der Waals surface area contributed by atoms with Gasteiger partial charge in [0.15, 0.2) is 5.96 Å². The Morgan fingerprint density at radius 3 is 2.52 bits per heavy atom. The first-order valence-electron chi connectivity index (χ1n) is 10.4. The van der Waals surface area contributed by atoms with Gasteiger partial charge in [0.1, 0.15) is 0 Å². The van der Waals surface area contributed by atoms with Gasteiger partial charge in [0, 0.05) is 38.6 Å². The van der Waals surface area contributed by atoms with Crippen molar-refractivity contribution in [3.63, 3.8) is 0 Å². The summed E-state index contributed by atoms with van der Waals surface area (Å²) < 4.78 is 0. The number of likely N-dealkylation sites (tertiary alicyclic amines) is 1. The molecule has 3 rings (SSSR count). The molecule has 1 heterocycles. The van der Waals surface area contributed by atoms with Gasteiger partial charge < -0.3 is 15.5 Å². The number of nitrogens with one attached hydrogen (secondary N) is 2. The van der Waals surface area contributed by atoms with Crippen molar-refractivity contribution in [2.75, 3.05) is 26.7 Å². The molecule has 0 bridgehead atoms. The average Bonchev–Trinajstić information content (AvgIpc) is 3.40. The molecule has 1 aliphatic heterocycles. The summed E-state index contributed by atoms with van der Waals surface area (Å²) >= 11 is 0. The lowest BCUT2D eigenvalue weighted by Gasteiger charge is -2.29. The molecule has 1 atom stereocenters. The quantitative estimate of drug-likeness (QED) is 0.593. The van der Waals surface area contributed by atoms with E-state index in [2.05, 4.69) is 27.4 Å². The Labute approximate surface area is 153 Å². The van der Waals surface area contributed by atoms with Gasteiger partial charge in [0.2, 0.25) is 5.91 Å². The van der Waals surface area contributed by atoms with Crippen LogP contribution >= 0.6 is 0 Å². The third kappa shape index (κ3) is 4.48. The lowest BCUT2D eigenvalue weighted by molar-refractivity contribution is -0.134. The maximum atomic E-state index is 12.6. The summed E-state index contributed by atoms with van der Waals surface area (Å²) in [6.45, 7) is 5.05. The van der Waals surface area contributed by atoms with Crippen LogP contribution in [0.4, 0.5) is 0 Å². The SMILES string of the molecule is CCC1(CNC(=NC)NC2CCN(C(=O)C3CCCC3)C2)CCCC1. The van der Waals surface area contributed by atoms with E-state index >= 15 is 0 Å². The van der Waals surface area contributed by atoms with Crippen molar-refractivity contribution >= 4 is 11.9 Å². The van der Waals surface area contributed by atoms with Gasteiger partial charge in [-0.1, -0.05) is 32.6 Å². The van der Waals surface area contributed by atoms with E-state index < -0.39 is 0 Å². The van der Waals surface area contributed by atoms with E-state index in [1.807, 2.05) is 7.05 Å². The number of carbonyl (C=O) groups is 1. The lowest BCUT2D eigenvalue weighted by atomic mass is 9.83. The van der Waals surface area contributed by atoms with E-state index in [0.717, 1.165) is 44.9 Å². The molecule has 1 amide bonds. The van der Waals surface area contributed by atoms with E-state index in [1.165, 1.54) is 44.9 Å². The van der Waals surface area contributed by atoms with Crippen molar-refractivity contribution in [2.24, 2.45) is 16.3 Å². The minimum Gasteiger partial charge on any atom is -0.356 e. The molecule has 2 saturated carbocycles. The van der Waals surface area contributed by atoms with Crippen LogP contribution in [0.3, 0.4) is 0 Å². The number of aliphatic imine (C=N–C) groups is 1. The van der Waals surface area contributed by atoms with Crippen molar-refractivity contribution in [1.82, 2.24) is 15.5 Å². The van der Waals surface area contributed by atoms with Crippen molar-refractivity contribution < 1.29 is 4.79 Å². The highest BCUT2D eigenvalue weighted by molar-refractivity contribution is 5.81. The van der Waals surface area contributed by atoms with Gasteiger partial charge in [-0.05, 0) is 43.9 Å². The summed E-state index contributed by atoms with van der Waals surface area (Å²) in [5.41, 5.74) is 0.456. The molecule has 0 aromatic heterocycles. The summed E-state index contributed by atoms with van der Waals surface area (Å²) in [7, 11) is 1.85. The maximum absolute atomic E-state index is 12.6. The zero-order chi connectivity index (χ0) is 17.7. The highest BCUT2D eigenvalue weighted by Gasteiger charge is 2.34. The van der Waals surface area contributed by atoms with Crippen LogP contribution in [0.1, 0.15) is 71.1 Å². The number of carbonyl (C=O) groups excluding carboxylic acids is 1. The first-order chi connectivity index (χ1) is 12.2. The first-order valence-corrected chi connectivity index (χ1v) is 10.4. The van der Waals surface area contributed by atoms with E-state index in [4.69, 9.17) is 0 Å². The molecule has 2 aliphatic carbocycles. The predicted octanol–water partition coefficient (Wildman–Crippen LogP) is 2.91. The fourth-order valence-corrected chi connectivity index (χ4v) is 4.95. The monoisotopic (exact) mass is 348 g/mol. The van der Waals surface area contributed by atoms with E-state index in [0.29, 0.717) is 23.3 Å². The second-order valence-electron chi connectivity index (χ2n) is 8.38. The Hall–Kier alpha value is -1.26. The van der Waals surface area contributed by atoms with Gasteiger partial charge >= 0.3 is 0 Å². The molecule has 3 aliphatic rings. The Morgan fingerprint density at radius 1 is 1.16 bits per heavy atom. The molecule has 0 radical (unpaired) electrons. The minimum atomic E-state index is 0.294. The maximum Gasteiger partial charge on any atom is 0.225 e. The second kappa shape index (κ2) is 8.41. The number of hydrogen-bond donors (Lipinski definition) is 2. The molecule has 142 valence electrons. The van der Waals surface area contributed by atoms with E-state index in [9.17, 15) is 4.79 Å². The fourth-order valence-electron chi connectivity index (χ4n) is 4.95. The Balaban J connectivity index is 1.45. The van der Waals surface area contributed by atoms with Gasteiger partial charge in [-0.25, -0.2) is 0 Å². The van der Waals surface area contributed by atoms with Gasteiger partial charge in [0.25, 0.3) is 0 Å². The van der Waals surface area contributed by atoms with Crippen LogP contribution in [-0.2, 0) is 4.79 Å². The second-order valence-corrected chi connectivity index (χ2v) is 8.38. The zero-order valence-corrected chi connectivity index (χ0v) is 16.1. The Kier molecular flexibility index (Phi) is 6.24. The van der Waals surface area contributed by atoms with Crippen LogP contribution in [0, 0.1) is 11.3 Å². The van der Waals surface area contributed by atoms with Gasteiger partial charge in [-0.2, -0.15) is 0 Å². The van der Waals surface area contributed by atoms with Gasteiger partial charge in [-0.15, -0.1) is 0 Å². The number of rotatable bonds is 5. The molecular formula is C20H36N4O. The number of guanidine groups is 1. The predicted molar refractivity (Wildman–Crippen MR) is 103 cm³/mol. The average molecular weight is 349 g/mol. The molecule has 5 heteroatoms. The normalized spacial score (nSPS) is 27.0. The minimum absolute atomic E-state index is 0.294. The van der Waals surface area contributed by atoms with Crippen LogP contribution in [0.15, 0.2) is 4.99 Å². The molecule has 1 unspecified atom stereocenters. The number of nitrogens with zero attached hydrogens (tertiary/aromatic N) is 2. The first kappa shape index (κ1) is 18.5. The fraction of sp³-hybridized carbons (Fsp3) is 0.900. The van der Waals surface area contributed by atoms with E-state index in [-0.39, 0.29) is 0 Å². The lowest BCUT2D eigenvalue weighted by Crippen LogP contribution is -2.48. The third-order valence-electron chi connectivity index (χ3n) is 6.81. The van der Waals surface area contributed by atoms with Crippen molar-refractivity contribution in [3.05, 3.63) is 0 Å². The number of amides is 1. The highest BCUT2D eigenvalue weighted by Crippen LogP contribution is 2.40. The Bertz CT molecular complexity index is 478. The van der Waals surface area contributed by atoms with Crippen LogP contribution < -0.4 is 10.6 Å². The molecule has 0 aromatic carbocycles. The standard InChI is InChI=1S/C20H36N4O/c1-3-20(11-6-7-12-20)15-22-19(21-2)23-17-10-13-24(14-17)18(25)16-8-4-5-9-16/h16-17H,3-15H2,1-2H3,(H2,21,22,23).